The van der Waals surface area contributed by atoms with Crippen molar-refractivity contribution in [2.24, 2.45) is 0 Å². The summed E-state index contributed by atoms with van der Waals surface area (Å²) >= 11 is 1.71. The molecule has 3 aromatic rings. The van der Waals surface area contributed by atoms with E-state index in [9.17, 15) is 4.79 Å². The zero-order valence-electron chi connectivity index (χ0n) is 16.6. The highest BCUT2D eigenvalue weighted by atomic mass is 32.1. The van der Waals surface area contributed by atoms with Crippen LogP contribution in [0.1, 0.15) is 22.0 Å². The quantitative estimate of drug-likeness (QED) is 0.659. The molecule has 0 fully saturated rings. The van der Waals surface area contributed by atoms with Gasteiger partial charge in [-0.3, -0.25) is 9.69 Å². The number of rotatable bonds is 6. The predicted molar refractivity (Wildman–Crippen MR) is 116 cm³/mol. The van der Waals surface area contributed by atoms with Crippen LogP contribution in [-0.2, 0) is 11.2 Å². The van der Waals surface area contributed by atoms with Crippen molar-refractivity contribution < 1.29 is 14.3 Å². The van der Waals surface area contributed by atoms with Crippen LogP contribution in [0.3, 0.4) is 0 Å². The summed E-state index contributed by atoms with van der Waals surface area (Å²) in [6.45, 7) is 1.12. The Morgan fingerprint density at radius 3 is 2.55 bits per heavy atom. The van der Waals surface area contributed by atoms with Crippen LogP contribution in [0.2, 0.25) is 0 Å². The lowest BCUT2D eigenvalue weighted by Gasteiger charge is -2.37. The minimum Gasteiger partial charge on any atom is -0.493 e. The van der Waals surface area contributed by atoms with Crippen molar-refractivity contribution >= 4 is 22.9 Å². The van der Waals surface area contributed by atoms with E-state index in [0.29, 0.717) is 12.3 Å². The van der Waals surface area contributed by atoms with Crippen LogP contribution in [0.25, 0.3) is 0 Å². The average molecular weight is 409 g/mol. The van der Waals surface area contributed by atoms with Crippen molar-refractivity contribution in [2.45, 2.75) is 12.5 Å². The van der Waals surface area contributed by atoms with Crippen molar-refractivity contribution in [3.8, 4) is 11.5 Å². The SMILES string of the molecule is COc1cc2c(cc1OC)C(c1cccs1)N(CC(=O)Nc1ccccc1)CC2. The summed E-state index contributed by atoms with van der Waals surface area (Å²) in [5.74, 6) is 1.44. The van der Waals surface area contributed by atoms with Gasteiger partial charge in [-0.1, -0.05) is 24.3 Å². The summed E-state index contributed by atoms with van der Waals surface area (Å²) < 4.78 is 11.0. The lowest BCUT2D eigenvalue weighted by atomic mass is 9.91. The molecule has 150 valence electrons. The van der Waals surface area contributed by atoms with Gasteiger partial charge in [0, 0.05) is 17.1 Å². The molecule has 1 aliphatic heterocycles. The Labute approximate surface area is 174 Å². The standard InChI is InChI=1S/C23H24N2O3S/c1-27-19-13-16-10-11-25(15-22(26)24-17-7-4-3-5-8-17)23(21-9-6-12-29-21)18(16)14-20(19)28-2/h3-9,12-14,23H,10-11,15H2,1-2H3,(H,24,26). The van der Waals surface area contributed by atoms with E-state index in [-0.39, 0.29) is 11.9 Å². The van der Waals surface area contributed by atoms with Crippen LogP contribution in [0.15, 0.2) is 60.0 Å². The first-order chi connectivity index (χ1) is 14.2. The minimum atomic E-state index is -0.0123. The molecule has 1 N–H and O–H groups in total. The fourth-order valence-corrected chi connectivity index (χ4v) is 4.73. The number of carbonyl (C=O) groups is 1. The summed E-state index contributed by atoms with van der Waals surface area (Å²) in [6.07, 6.45) is 0.857. The minimum absolute atomic E-state index is 0.0123. The Morgan fingerprint density at radius 2 is 1.86 bits per heavy atom. The maximum Gasteiger partial charge on any atom is 0.238 e. The van der Waals surface area contributed by atoms with Crippen LogP contribution in [0.4, 0.5) is 5.69 Å². The van der Waals surface area contributed by atoms with Crippen molar-refractivity contribution in [2.75, 3.05) is 32.6 Å². The molecule has 5 nitrogen and oxygen atoms in total. The average Bonchev–Trinajstić information content (AvgIpc) is 3.27. The summed E-state index contributed by atoms with van der Waals surface area (Å²) in [4.78, 5) is 16.2. The fraction of sp³-hybridized carbons (Fsp3) is 0.261. The van der Waals surface area contributed by atoms with E-state index < -0.39 is 0 Å². The van der Waals surface area contributed by atoms with E-state index in [2.05, 4.69) is 39.9 Å². The molecule has 0 saturated carbocycles. The van der Waals surface area contributed by atoms with Crippen LogP contribution in [0.5, 0.6) is 11.5 Å². The molecule has 1 unspecified atom stereocenters. The Bertz CT molecular complexity index is 973. The third-order valence-corrected chi connectivity index (χ3v) is 6.12. The van der Waals surface area contributed by atoms with Gasteiger partial charge < -0.3 is 14.8 Å². The first kappa shape index (κ1) is 19.5. The largest absolute Gasteiger partial charge is 0.493 e. The van der Waals surface area contributed by atoms with Gasteiger partial charge in [0.2, 0.25) is 5.91 Å². The number of hydrogen-bond donors (Lipinski definition) is 1. The van der Waals surface area contributed by atoms with E-state index in [4.69, 9.17) is 9.47 Å². The van der Waals surface area contributed by atoms with Crippen molar-refractivity contribution in [1.82, 2.24) is 4.90 Å². The van der Waals surface area contributed by atoms with Crippen LogP contribution < -0.4 is 14.8 Å². The molecule has 2 heterocycles. The third kappa shape index (κ3) is 4.13. The lowest BCUT2D eigenvalue weighted by Crippen LogP contribution is -2.40. The molecule has 0 radical (unpaired) electrons. The zero-order chi connectivity index (χ0) is 20.2. The van der Waals surface area contributed by atoms with Gasteiger partial charge in [0.1, 0.15) is 0 Å². The summed E-state index contributed by atoms with van der Waals surface area (Å²) in [5, 5.41) is 5.07. The molecule has 2 aromatic carbocycles. The molecule has 1 atom stereocenters. The first-order valence-electron chi connectivity index (χ1n) is 9.56. The number of methoxy groups -OCH3 is 2. The maximum atomic E-state index is 12.7. The van der Waals surface area contributed by atoms with E-state index in [1.54, 1.807) is 25.6 Å². The number of para-hydroxylation sites is 1. The Morgan fingerprint density at radius 1 is 1.10 bits per heavy atom. The summed E-state index contributed by atoms with van der Waals surface area (Å²) in [5.41, 5.74) is 3.22. The second kappa shape index (κ2) is 8.68. The zero-order valence-corrected chi connectivity index (χ0v) is 17.4. The second-order valence-electron chi connectivity index (χ2n) is 6.96. The first-order valence-corrected chi connectivity index (χ1v) is 10.4. The van der Waals surface area contributed by atoms with Crippen LogP contribution in [-0.4, -0.2) is 38.1 Å². The number of nitrogens with zero attached hydrogens (tertiary/aromatic N) is 1. The van der Waals surface area contributed by atoms with Gasteiger partial charge in [-0.15, -0.1) is 11.3 Å². The Hall–Kier alpha value is -2.83. The number of carbonyl (C=O) groups excluding carboxylic acids is 1. The number of benzene rings is 2. The molecular formula is C23H24N2O3S. The molecule has 0 bridgehead atoms. The van der Waals surface area contributed by atoms with Crippen molar-refractivity contribution in [3.63, 3.8) is 0 Å². The number of ether oxygens (including phenoxy) is 2. The molecular weight excluding hydrogens is 384 g/mol. The van der Waals surface area contributed by atoms with Gasteiger partial charge >= 0.3 is 0 Å². The normalized spacial score (nSPS) is 16.1. The van der Waals surface area contributed by atoms with E-state index in [1.165, 1.54) is 16.0 Å². The molecule has 1 amide bonds. The lowest BCUT2D eigenvalue weighted by molar-refractivity contribution is -0.117. The number of nitrogens with one attached hydrogen (secondary N) is 1. The van der Waals surface area contributed by atoms with Gasteiger partial charge in [0.15, 0.2) is 11.5 Å². The fourth-order valence-electron chi connectivity index (χ4n) is 3.85. The number of fused-ring (bicyclic) bond motifs is 1. The molecule has 6 heteroatoms. The molecule has 0 spiro atoms. The smallest absolute Gasteiger partial charge is 0.238 e. The Balaban J connectivity index is 1.64. The van der Waals surface area contributed by atoms with Crippen molar-refractivity contribution in [3.05, 3.63) is 76.0 Å². The number of thiophene rings is 1. The van der Waals surface area contributed by atoms with Crippen LogP contribution >= 0.6 is 11.3 Å². The van der Waals surface area contributed by atoms with Gasteiger partial charge in [0.25, 0.3) is 0 Å². The summed E-state index contributed by atoms with van der Waals surface area (Å²) in [7, 11) is 3.31. The van der Waals surface area contributed by atoms with E-state index in [0.717, 1.165) is 24.4 Å². The number of amides is 1. The van der Waals surface area contributed by atoms with Crippen LogP contribution in [0, 0.1) is 0 Å². The van der Waals surface area contributed by atoms with Gasteiger partial charge in [-0.25, -0.2) is 0 Å². The highest BCUT2D eigenvalue weighted by Gasteiger charge is 2.32. The molecule has 4 rings (SSSR count). The topological polar surface area (TPSA) is 50.8 Å². The van der Waals surface area contributed by atoms with E-state index in [1.807, 2.05) is 30.3 Å². The monoisotopic (exact) mass is 408 g/mol. The van der Waals surface area contributed by atoms with Gasteiger partial charge in [0.05, 0.1) is 26.8 Å². The van der Waals surface area contributed by atoms with E-state index >= 15 is 0 Å². The molecule has 1 aliphatic rings. The molecule has 0 saturated heterocycles. The maximum absolute atomic E-state index is 12.7. The highest BCUT2D eigenvalue weighted by molar-refractivity contribution is 7.10. The van der Waals surface area contributed by atoms with Crippen molar-refractivity contribution in [1.29, 1.82) is 0 Å². The molecule has 29 heavy (non-hydrogen) atoms. The number of hydrogen-bond acceptors (Lipinski definition) is 5. The molecule has 1 aromatic heterocycles. The third-order valence-electron chi connectivity index (χ3n) is 5.19. The number of anilines is 1. The summed E-state index contributed by atoms with van der Waals surface area (Å²) in [6, 6.07) is 17.9. The second-order valence-corrected chi connectivity index (χ2v) is 7.94. The van der Waals surface area contributed by atoms with Gasteiger partial charge in [-0.2, -0.15) is 0 Å². The molecule has 0 aliphatic carbocycles. The highest BCUT2D eigenvalue weighted by Crippen LogP contribution is 2.42. The van der Waals surface area contributed by atoms with Gasteiger partial charge in [-0.05, 0) is 53.3 Å². The Kier molecular flexibility index (Phi) is 5.83. The predicted octanol–water partition coefficient (Wildman–Crippen LogP) is 4.35.